The van der Waals surface area contributed by atoms with Gasteiger partial charge in [0.1, 0.15) is 5.15 Å². The Morgan fingerprint density at radius 3 is 2.42 bits per heavy atom. The molecule has 98 valence electrons. The van der Waals surface area contributed by atoms with Crippen LogP contribution in [0.25, 0.3) is 11.4 Å². The molecule has 1 heterocycles. The number of halogens is 1. The molecule has 1 fully saturated rings. The first kappa shape index (κ1) is 12.6. The lowest BCUT2D eigenvalue weighted by Crippen LogP contribution is -1.99. The van der Waals surface area contributed by atoms with E-state index in [1.165, 1.54) is 18.4 Å². The summed E-state index contributed by atoms with van der Waals surface area (Å²) in [6.07, 6.45) is 3.53. The summed E-state index contributed by atoms with van der Waals surface area (Å²) in [6, 6.07) is 8.59. The zero-order chi connectivity index (χ0) is 13.4. The molecule has 0 radical (unpaired) electrons. The summed E-state index contributed by atoms with van der Waals surface area (Å²) in [5, 5.41) is 0.563. The average molecular weight is 273 g/mol. The molecule has 3 heteroatoms. The Labute approximate surface area is 118 Å². The van der Waals surface area contributed by atoms with Crippen molar-refractivity contribution in [3.8, 4) is 11.4 Å². The highest BCUT2D eigenvalue weighted by atomic mass is 35.5. The second-order valence-corrected chi connectivity index (χ2v) is 5.52. The Hall–Kier alpha value is -1.41. The molecule has 19 heavy (non-hydrogen) atoms. The highest BCUT2D eigenvalue weighted by Crippen LogP contribution is 2.40. The minimum Gasteiger partial charge on any atom is -0.233 e. The van der Waals surface area contributed by atoms with E-state index in [1.54, 1.807) is 0 Å². The lowest BCUT2D eigenvalue weighted by molar-refractivity contribution is 0.976. The molecule has 0 bridgehead atoms. The third-order valence-corrected chi connectivity index (χ3v) is 4.11. The molecule has 0 atom stereocenters. The molecule has 1 saturated carbocycles. The molecule has 1 aromatic carbocycles. The van der Waals surface area contributed by atoms with Crippen LogP contribution >= 0.6 is 11.6 Å². The molecule has 1 aliphatic carbocycles. The molecule has 2 nitrogen and oxygen atoms in total. The van der Waals surface area contributed by atoms with Gasteiger partial charge in [-0.25, -0.2) is 9.97 Å². The van der Waals surface area contributed by atoms with Crippen LogP contribution in [-0.4, -0.2) is 9.97 Å². The van der Waals surface area contributed by atoms with E-state index in [-0.39, 0.29) is 0 Å². The summed E-state index contributed by atoms with van der Waals surface area (Å²) in [5.74, 6) is 1.51. The Morgan fingerprint density at radius 1 is 1.16 bits per heavy atom. The van der Waals surface area contributed by atoms with Crippen molar-refractivity contribution in [2.24, 2.45) is 0 Å². The fourth-order valence-electron chi connectivity index (χ4n) is 2.33. The SMILES string of the molecule is CCc1nc(-c2ccc(C3CC3)cc2)nc(Cl)c1C. The fourth-order valence-corrected chi connectivity index (χ4v) is 2.52. The molecular formula is C16H17ClN2. The van der Waals surface area contributed by atoms with Gasteiger partial charge in [0.2, 0.25) is 0 Å². The maximum Gasteiger partial charge on any atom is 0.161 e. The molecule has 0 N–H and O–H groups in total. The lowest BCUT2D eigenvalue weighted by Gasteiger charge is -2.08. The van der Waals surface area contributed by atoms with Gasteiger partial charge < -0.3 is 0 Å². The second kappa shape index (κ2) is 4.93. The van der Waals surface area contributed by atoms with Gasteiger partial charge in [0.05, 0.1) is 0 Å². The molecule has 2 aromatic rings. The van der Waals surface area contributed by atoms with Gasteiger partial charge >= 0.3 is 0 Å². The first-order chi connectivity index (χ1) is 9.19. The third-order valence-electron chi connectivity index (χ3n) is 3.74. The van der Waals surface area contributed by atoms with Gasteiger partial charge in [0, 0.05) is 16.8 Å². The predicted octanol–water partition coefficient (Wildman–Crippen LogP) is 4.55. The molecule has 3 rings (SSSR count). The van der Waals surface area contributed by atoms with Crippen LogP contribution in [0, 0.1) is 6.92 Å². The van der Waals surface area contributed by atoms with Gasteiger partial charge in [-0.15, -0.1) is 0 Å². The van der Waals surface area contributed by atoms with Crippen molar-refractivity contribution in [2.75, 3.05) is 0 Å². The van der Waals surface area contributed by atoms with E-state index in [4.69, 9.17) is 11.6 Å². The number of benzene rings is 1. The number of hydrogen-bond acceptors (Lipinski definition) is 2. The van der Waals surface area contributed by atoms with Crippen molar-refractivity contribution in [1.29, 1.82) is 0 Å². The predicted molar refractivity (Wildman–Crippen MR) is 78.6 cm³/mol. The van der Waals surface area contributed by atoms with E-state index in [9.17, 15) is 0 Å². The van der Waals surface area contributed by atoms with Crippen molar-refractivity contribution in [1.82, 2.24) is 9.97 Å². The molecule has 0 saturated heterocycles. The molecule has 0 unspecified atom stereocenters. The Morgan fingerprint density at radius 2 is 1.84 bits per heavy atom. The molecule has 0 aliphatic heterocycles. The summed E-state index contributed by atoms with van der Waals surface area (Å²) in [5.41, 5.74) is 4.49. The third kappa shape index (κ3) is 2.50. The van der Waals surface area contributed by atoms with E-state index in [2.05, 4.69) is 41.2 Å². The number of aryl methyl sites for hydroxylation is 1. The van der Waals surface area contributed by atoms with E-state index in [0.717, 1.165) is 35.0 Å². The summed E-state index contributed by atoms with van der Waals surface area (Å²) in [6.45, 7) is 4.06. The van der Waals surface area contributed by atoms with Crippen molar-refractivity contribution in [3.63, 3.8) is 0 Å². The number of hydrogen-bond donors (Lipinski definition) is 0. The van der Waals surface area contributed by atoms with Crippen molar-refractivity contribution < 1.29 is 0 Å². The van der Waals surface area contributed by atoms with Gasteiger partial charge in [-0.2, -0.15) is 0 Å². The van der Waals surface area contributed by atoms with Gasteiger partial charge in [-0.3, -0.25) is 0 Å². The van der Waals surface area contributed by atoms with E-state index >= 15 is 0 Å². The van der Waals surface area contributed by atoms with Crippen LogP contribution < -0.4 is 0 Å². The minimum absolute atomic E-state index is 0.563. The average Bonchev–Trinajstić information content (AvgIpc) is 3.26. The summed E-state index contributed by atoms with van der Waals surface area (Å²) < 4.78 is 0. The molecular weight excluding hydrogens is 256 g/mol. The van der Waals surface area contributed by atoms with Gasteiger partial charge in [-0.05, 0) is 37.7 Å². The van der Waals surface area contributed by atoms with Crippen molar-refractivity contribution in [2.45, 2.75) is 39.0 Å². The Bertz CT molecular complexity index is 601. The minimum atomic E-state index is 0.563. The first-order valence-corrected chi connectivity index (χ1v) is 7.20. The number of aromatic nitrogens is 2. The smallest absolute Gasteiger partial charge is 0.161 e. The van der Waals surface area contributed by atoms with Crippen molar-refractivity contribution >= 4 is 11.6 Å². The van der Waals surface area contributed by atoms with Crippen LogP contribution in [0.1, 0.15) is 42.5 Å². The van der Waals surface area contributed by atoms with Gasteiger partial charge in [0.25, 0.3) is 0 Å². The van der Waals surface area contributed by atoms with Crippen molar-refractivity contribution in [3.05, 3.63) is 46.2 Å². The summed E-state index contributed by atoms with van der Waals surface area (Å²) in [7, 11) is 0. The largest absolute Gasteiger partial charge is 0.233 e. The summed E-state index contributed by atoms with van der Waals surface area (Å²) >= 11 is 6.19. The first-order valence-electron chi connectivity index (χ1n) is 6.82. The Kier molecular flexibility index (Phi) is 3.28. The van der Waals surface area contributed by atoms with Gasteiger partial charge in [-0.1, -0.05) is 42.8 Å². The zero-order valence-electron chi connectivity index (χ0n) is 11.3. The van der Waals surface area contributed by atoms with Crippen LogP contribution in [0.3, 0.4) is 0 Å². The topological polar surface area (TPSA) is 25.8 Å². The van der Waals surface area contributed by atoms with Crippen LogP contribution in [0.15, 0.2) is 24.3 Å². The monoisotopic (exact) mass is 272 g/mol. The highest BCUT2D eigenvalue weighted by Gasteiger charge is 2.23. The van der Waals surface area contributed by atoms with E-state index in [1.807, 2.05) is 6.92 Å². The summed E-state index contributed by atoms with van der Waals surface area (Å²) in [4.78, 5) is 9.01. The number of rotatable bonds is 3. The molecule has 1 aliphatic rings. The second-order valence-electron chi connectivity index (χ2n) is 5.16. The maximum atomic E-state index is 6.19. The Balaban J connectivity index is 1.98. The zero-order valence-corrected chi connectivity index (χ0v) is 12.0. The van der Waals surface area contributed by atoms with Crippen LogP contribution in [0.2, 0.25) is 5.15 Å². The maximum absolute atomic E-state index is 6.19. The van der Waals surface area contributed by atoms with Crippen LogP contribution in [-0.2, 0) is 6.42 Å². The quantitative estimate of drug-likeness (QED) is 0.767. The van der Waals surface area contributed by atoms with Gasteiger partial charge in [0.15, 0.2) is 5.82 Å². The van der Waals surface area contributed by atoms with Crippen LogP contribution in [0.4, 0.5) is 0 Å². The molecule has 0 amide bonds. The lowest BCUT2D eigenvalue weighted by atomic mass is 10.1. The fraction of sp³-hybridized carbons (Fsp3) is 0.375. The van der Waals surface area contributed by atoms with E-state index < -0.39 is 0 Å². The highest BCUT2D eigenvalue weighted by molar-refractivity contribution is 6.30. The number of nitrogens with zero attached hydrogens (tertiary/aromatic N) is 2. The normalized spacial score (nSPS) is 14.7. The standard InChI is InChI=1S/C16H17ClN2/c1-3-14-10(2)15(17)19-16(18-14)13-8-6-12(7-9-13)11-4-5-11/h6-9,11H,3-5H2,1-2H3. The molecule has 0 spiro atoms. The van der Waals surface area contributed by atoms with E-state index in [0.29, 0.717) is 5.15 Å². The molecule has 1 aromatic heterocycles. The van der Waals surface area contributed by atoms with Crippen LogP contribution in [0.5, 0.6) is 0 Å².